The van der Waals surface area contributed by atoms with Gasteiger partial charge in [0.25, 0.3) is 0 Å². The Bertz CT molecular complexity index is 1040. The maximum absolute atomic E-state index is 13.1. The summed E-state index contributed by atoms with van der Waals surface area (Å²) in [6, 6.07) is 13.2. The van der Waals surface area contributed by atoms with E-state index >= 15 is 0 Å². The van der Waals surface area contributed by atoms with Crippen molar-refractivity contribution >= 4 is 18.0 Å². The van der Waals surface area contributed by atoms with Crippen LogP contribution in [-0.4, -0.2) is 85.7 Å². The van der Waals surface area contributed by atoms with Crippen molar-refractivity contribution in [3.63, 3.8) is 0 Å². The summed E-state index contributed by atoms with van der Waals surface area (Å²) < 4.78 is 5.05. The van der Waals surface area contributed by atoms with E-state index in [1.165, 1.54) is 0 Å². The first-order valence-corrected chi connectivity index (χ1v) is 11.8. The fraction of sp³-hybridized carbons (Fsp3) is 0.423. The molecule has 0 bridgehead atoms. The molecule has 8 nitrogen and oxygen atoms in total. The molecule has 1 atom stereocenters. The number of esters is 1. The smallest absolute Gasteiger partial charge is 0.320 e. The van der Waals surface area contributed by atoms with Crippen molar-refractivity contribution in [2.75, 3.05) is 52.9 Å². The van der Waals surface area contributed by atoms with Gasteiger partial charge in [-0.1, -0.05) is 36.4 Å². The Labute approximate surface area is 201 Å². The van der Waals surface area contributed by atoms with Crippen molar-refractivity contribution < 1.29 is 14.3 Å². The van der Waals surface area contributed by atoms with Crippen LogP contribution in [0.1, 0.15) is 45.7 Å². The number of benzene rings is 2. The number of hydrazone groups is 1. The predicted octanol–water partition coefficient (Wildman–Crippen LogP) is 1.88. The van der Waals surface area contributed by atoms with E-state index in [9.17, 15) is 9.59 Å². The van der Waals surface area contributed by atoms with Gasteiger partial charge in [-0.05, 0) is 43.1 Å². The van der Waals surface area contributed by atoms with Crippen molar-refractivity contribution in [3.8, 4) is 0 Å². The number of nitrogens with two attached hydrogens (primary N) is 1. The van der Waals surface area contributed by atoms with Gasteiger partial charge in [0.1, 0.15) is 0 Å². The molecule has 0 aliphatic carbocycles. The Kier molecular flexibility index (Phi) is 7.72. The maximum atomic E-state index is 13.1. The Morgan fingerprint density at radius 2 is 1.76 bits per heavy atom. The highest BCUT2D eigenvalue weighted by Crippen LogP contribution is 2.27. The SMILES string of the molecule is CCOC(=O)CN1CCc2cc(C(=O)c3ccc(C=NN4CCN(C)CC4)cc3)ccc2C1N. The second-order valence-electron chi connectivity index (χ2n) is 8.84. The molecule has 1 saturated heterocycles. The van der Waals surface area contributed by atoms with Gasteiger partial charge in [0, 0.05) is 43.9 Å². The third-order valence-corrected chi connectivity index (χ3v) is 6.45. The van der Waals surface area contributed by atoms with Gasteiger partial charge in [0.15, 0.2) is 5.78 Å². The summed E-state index contributed by atoms with van der Waals surface area (Å²) in [5.74, 6) is -0.293. The lowest BCUT2D eigenvalue weighted by molar-refractivity contribution is -0.145. The molecule has 0 aromatic heterocycles. The molecule has 2 heterocycles. The van der Waals surface area contributed by atoms with Crippen molar-refractivity contribution in [3.05, 3.63) is 70.3 Å². The lowest BCUT2D eigenvalue weighted by Gasteiger charge is -2.34. The van der Waals surface area contributed by atoms with Gasteiger partial charge in [-0.3, -0.25) is 19.5 Å². The van der Waals surface area contributed by atoms with Gasteiger partial charge in [-0.2, -0.15) is 5.10 Å². The van der Waals surface area contributed by atoms with Gasteiger partial charge < -0.3 is 15.4 Å². The van der Waals surface area contributed by atoms with Crippen LogP contribution in [0, 0.1) is 0 Å². The first-order chi connectivity index (χ1) is 16.4. The molecule has 1 fully saturated rings. The second-order valence-corrected chi connectivity index (χ2v) is 8.84. The minimum absolute atomic E-state index is 0.0205. The Morgan fingerprint density at radius 3 is 2.47 bits per heavy atom. The highest BCUT2D eigenvalue weighted by molar-refractivity contribution is 6.09. The minimum Gasteiger partial charge on any atom is -0.465 e. The average molecular weight is 464 g/mol. The summed E-state index contributed by atoms with van der Waals surface area (Å²) in [7, 11) is 2.12. The quantitative estimate of drug-likeness (QED) is 0.381. The molecule has 0 spiro atoms. The van der Waals surface area contributed by atoms with Gasteiger partial charge in [-0.25, -0.2) is 0 Å². The molecule has 180 valence electrons. The van der Waals surface area contributed by atoms with E-state index in [-0.39, 0.29) is 18.3 Å². The van der Waals surface area contributed by atoms with Crippen molar-refractivity contribution in [2.24, 2.45) is 10.8 Å². The van der Waals surface area contributed by atoms with Gasteiger partial charge >= 0.3 is 5.97 Å². The van der Waals surface area contributed by atoms with Gasteiger partial charge in [-0.15, -0.1) is 0 Å². The fourth-order valence-electron chi connectivity index (χ4n) is 4.35. The number of hydrogen-bond donors (Lipinski definition) is 1. The largest absolute Gasteiger partial charge is 0.465 e. The number of ether oxygens (including phenoxy) is 1. The van der Waals surface area contributed by atoms with Crippen LogP contribution in [0.25, 0.3) is 0 Å². The molecule has 0 amide bonds. The van der Waals surface area contributed by atoms with Crippen LogP contribution >= 0.6 is 0 Å². The first kappa shape index (κ1) is 24.1. The Morgan fingerprint density at radius 1 is 1.06 bits per heavy atom. The standard InChI is InChI=1S/C26H33N5O3/c1-3-34-24(32)18-30-11-10-21-16-22(8-9-23(21)26(30)27)25(33)20-6-4-19(5-7-20)17-28-31-14-12-29(2)13-15-31/h4-9,16-17,26H,3,10-15,18,27H2,1-2H3. The fourth-order valence-corrected chi connectivity index (χ4v) is 4.35. The molecule has 2 aliphatic rings. The number of likely N-dealkylation sites (N-methyl/N-ethyl adjacent to an activating group) is 1. The number of fused-ring (bicyclic) bond motifs is 1. The highest BCUT2D eigenvalue weighted by atomic mass is 16.5. The van der Waals surface area contributed by atoms with Crippen molar-refractivity contribution in [1.29, 1.82) is 0 Å². The zero-order chi connectivity index (χ0) is 24.1. The molecule has 2 aromatic rings. The molecular weight excluding hydrogens is 430 g/mol. The van der Waals surface area contributed by atoms with Gasteiger partial charge in [0.05, 0.1) is 25.5 Å². The third-order valence-electron chi connectivity index (χ3n) is 6.45. The number of nitrogens with zero attached hydrogens (tertiary/aromatic N) is 4. The number of rotatable bonds is 7. The number of ketones is 1. The summed E-state index contributed by atoms with van der Waals surface area (Å²) in [6.07, 6.45) is 2.18. The molecule has 34 heavy (non-hydrogen) atoms. The van der Waals surface area contributed by atoms with Crippen molar-refractivity contribution in [2.45, 2.75) is 19.5 Å². The first-order valence-electron chi connectivity index (χ1n) is 11.8. The van der Waals surface area contributed by atoms with Crippen LogP contribution in [0.4, 0.5) is 0 Å². The van der Waals surface area contributed by atoms with Crippen LogP contribution in [-0.2, 0) is 16.0 Å². The maximum Gasteiger partial charge on any atom is 0.320 e. The Hall–Kier alpha value is -3.07. The second kappa shape index (κ2) is 10.9. The number of hydrogen-bond acceptors (Lipinski definition) is 8. The molecule has 4 rings (SSSR count). The third kappa shape index (κ3) is 5.70. The molecule has 0 radical (unpaired) electrons. The van der Waals surface area contributed by atoms with E-state index in [4.69, 9.17) is 10.5 Å². The normalized spacial score (nSPS) is 19.3. The zero-order valence-corrected chi connectivity index (χ0v) is 19.9. The highest BCUT2D eigenvalue weighted by Gasteiger charge is 2.27. The van der Waals surface area contributed by atoms with E-state index in [1.807, 2.05) is 53.6 Å². The van der Waals surface area contributed by atoms with Gasteiger partial charge in [0.2, 0.25) is 0 Å². The van der Waals surface area contributed by atoms with Crippen LogP contribution in [0.5, 0.6) is 0 Å². The average Bonchev–Trinajstić information content (AvgIpc) is 2.85. The van der Waals surface area contributed by atoms with E-state index in [1.54, 1.807) is 6.92 Å². The van der Waals surface area contributed by atoms with E-state index in [0.29, 0.717) is 24.3 Å². The number of carbonyl (C=O) groups excluding carboxylic acids is 2. The number of piperazine rings is 1. The minimum atomic E-state index is -0.392. The molecule has 8 heteroatoms. The van der Waals surface area contributed by atoms with Crippen LogP contribution in [0.15, 0.2) is 47.6 Å². The monoisotopic (exact) mass is 463 g/mol. The lowest BCUT2D eigenvalue weighted by Crippen LogP contribution is -2.43. The molecular formula is C26H33N5O3. The summed E-state index contributed by atoms with van der Waals surface area (Å²) in [5, 5.41) is 6.64. The summed E-state index contributed by atoms with van der Waals surface area (Å²) in [6.45, 7) is 6.83. The molecule has 2 aromatic carbocycles. The lowest BCUT2D eigenvalue weighted by atomic mass is 9.92. The number of carbonyl (C=O) groups is 2. The summed E-state index contributed by atoms with van der Waals surface area (Å²) in [5.41, 5.74) is 10.6. The molecule has 2 N–H and O–H groups in total. The van der Waals surface area contributed by atoms with E-state index in [0.717, 1.165) is 49.3 Å². The molecule has 2 aliphatic heterocycles. The topological polar surface area (TPSA) is 91.5 Å². The Balaban J connectivity index is 1.40. The summed E-state index contributed by atoms with van der Waals surface area (Å²) >= 11 is 0. The van der Waals surface area contributed by atoms with Crippen LogP contribution in [0.3, 0.4) is 0 Å². The van der Waals surface area contributed by atoms with Crippen molar-refractivity contribution in [1.82, 2.24) is 14.8 Å². The van der Waals surface area contributed by atoms with Crippen LogP contribution in [0.2, 0.25) is 0 Å². The summed E-state index contributed by atoms with van der Waals surface area (Å²) in [4.78, 5) is 29.1. The molecule has 0 saturated carbocycles. The zero-order valence-electron chi connectivity index (χ0n) is 19.9. The van der Waals surface area contributed by atoms with E-state index < -0.39 is 6.17 Å². The molecule has 1 unspecified atom stereocenters. The predicted molar refractivity (Wildman–Crippen MR) is 132 cm³/mol. The van der Waals surface area contributed by atoms with E-state index in [2.05, 4.69) is 22.1 Å². The van der Waals surface area contributed by atoms with Crippen LogP contribution < -0.4 is 5.73 Å².